The van der Waals surface area contributed by atoms with Gasteiger partial charge in [0.15, 0.2) is 0 Å². The number of primary amides is 1. The second-order valence-electron chi connectivity index (χ2n) is 7.30. The van der Waals surface area contributed by atoms with E-state index in [4.69, 9.17) is 5.73 Å². The maximum absolute atomic E-state index is 11.2. The average molecular weight is 355 g/mol. The summed E-state index contributed by atoms with van der Waals surface area (Å²) in [6, 6.07) is 0. The Balaban J connectivity index is 3.07. The highest BCUT2D eigenvalue weighted by Crippen LogP contribution is 2.13. The second-order valence-corrected chi connectivity index (χ2v) is 7.30. The van der Waals surface area contributed by atoms with Crippen molar-refractivity contribution < 1.29 is 9.59 Å². The van der Waals surface area contributed by atoms with Crippen molar-refractivity contribution >= 4 is 11.8 Å². The lowest BCUT2D eigenvalue weighted by Gasteiger charge is -2.05. The minimum atomic E-state index is -0.565. The van der Waals surface area contributed by atoms with Crippen molar-refractivity contribution in [2.24, 2.45) is 5.73 Å². The van der Waals surface area contributed by atoms with Gasteiger partial charge in [0.25, 0.3) is 0 Å². The number of carbonyl (C=O) groups is 2. The van der Waals surface area contributed by atoms with Crippen molar-refractivity contribution in [2.75, 3.05) is 6.54 Å². The Bertz CT molecular complexity index is 319. The zero-order valence-corrected chi connectivity index (χ0v) is 16.6. The van der Waals surface area contributed by atoms with Gasteiger partial charge in [-0.2, -0.15) is 0 Å². The van der Waals surface area contributed by atoms with E-state index in [0.717, 1.165) is 12.8 Å². The maximum Gasteiger partial charge on any atom is 0.229 e. The van der Waals surface area contributed by atoms with Gasteiger partial charge in [0, 0.05) is 6.54 Å². The van der Waals surface area contributed by atoms with Crippen LogP contribution in [-0.4, -0.2) is 18.4 Å². The van der Waals surface area contributed by atoms with Gasteiger partial charge >= 0.3 is 0 Å². The molecular formula is C21H42N2O2. The summed E-state index contributed by atoms with van der Waals surface area (Å²) in [7, 11) is 0. The molecule has 2 amide bonds. The highest BCUT2D eigenvalue weighted by atomic mass is 16.2. The average Bonchev–Trinajstić information content (AvgIpc) is 2.57. The molecule has 0 aromatic rings. The van der Waals surface area contributed by atoms with Crippen LogP contribution in [0.15, 0.2) is 0 Å². The smallest absolute Gasteiger partial charge is 0.229 e. The number of hydrogen-bond acceptors (Lipinski definition) is 2. The van der Waals surface area contributed by atoms with Gasteiger partial charge in [-0.25, -0.2) is 0 Å². The highest BCUT2D eigenvalue weighted by Gasteiger charge is 2.03. The molecule has 148 valence electrons. The van der Waals surface area contributed by atoms with Crippen molar-refractivity contribution in [2.45, 2.75) is 116 Å². The van der Waals surface area contributed by atoms with Crippen LogP contribution in [0.5, 0.6) is 0 Å². The molecular weight excluding hydrogens is 312 g/mol. The van der Waals surface area contributed by atoms with Crippen molar-refractivity contribution in [1.82, 2.24) is 5.32 Å². The first-order valence-electron chi connectivity index (χ1n) is 10.7. The van der Waals surface area contributed by atoms with E-state index in [1.807, 2.05) is 0 Å². The van der Waals surface area contributed by atoms with Gasteiger partial charge in [-0.3, -0.25) is 9.59 Å². The number of nitrogens with two attached hydrogens (primary N) is 1. The van der Waals surface area contributed by atoms with Gasteiger partial charge in [0.05, 0.1) is 0 Å². The van der Waals surface area contributed by atoms with Gasteiger partial charge in [0.2, 0.25) is 11.8 Å². The van der Waals surface area contributed by atoms with Crippen molar-refractivity contribution in [3.63, 3.8) is 0 Å². The molecule has 0 aliphatic heterocycles. The van der Waals surface area contributed by atoms with Crippen LogP contribution in [0.1, 0.15) is 116 Å². The molecule has 0 heterocycles. The third kappa shape index (κ3) is 20.9. The zero-order valence-electron chi connectivity index (χ0n) is 16.6. The van der Waals surface area contributed by atoms with Crippen LogP contribution in [0.4, 0.5) is 0 Å². The van der Waals surface area contributed by atoms with Crippen molar-refractivity contribution in [1.29, 1.82) is 0 Å². The molecule has 0 aliphatic rings. The van der Waals surface area contributed by atoms with Crippen LogP contribution in [0.3, 0.4) is 0 Å². The maximum atomic E-state index is 11.2. The summed E-state index contributed by atoms with van der Waals surface area (Å²) in [5.41, 5.74) is 4.96. The molecule has 0 unspecified atom stereocenters. The van der Waals surface area contributed by atoms with Crippen LogP contribution in [0, 0.1) is 0 Å². The quantitative estimate of drug-likeness (QED) is 0.246. The lowest BCUT2D eigenvalue weighted by atomic mass is 10.0. The molecule has 0 fully saturated rings. The Hall–Kier alpha value is -1.06. The van der Waals surface area contributed by atoms with Crippen LogP contribution in [0.25, 0.3) is 0 Å². The lowest BCUT2D eigenvalue weighted by molar-refractivity contribution is -0.127. The molecule has 0 saturated carbocycles. The molecule has 25 heavy (non-hydrogen) atoms. The molecule has 0 rings (SSSR count). The minimum absolute atomic E-state index is 0.196. The summed E-state index contributed by atoms with van der Waals surface area (Å²) in [4.78, 5) is 21.8. The monoisotopic (exact) mass is 354 g/mol. The van der Waals surface area contributed by atoms with Crippen LogP contribution < -0.4 is 11.1 Å². The van der Waals surface area contributed by atoms with Crippen molar-refractivity contribution in [3.05, 3.63) is 0 Å². The van der Waals surface area contributed by atoms with E-state index in [-0.39, 0.29) is 12.3 Å². The fourth-order valence-corrected chi connectivity index (χ4v) is 3.12. The molecule has 4 heteroatoms. The highest BCUT2D eigenvalue weighted by molar-refractivity contribution is 5.95. The lowest BCUT2D eigenvalue weighted by Crippen LogP contribution is -2.29. The van der Waals surface area contributed by atoms with Gasteiger partial charge in [-0.15, -0.1) is 0 Å². The topological polar surface area (TPSA) is 72.2 Å². The molecule has 0 bridgehead atoms. The van der Waals surface area contributed by atoms with E-state index in [0.29, 0.717) is 6.54 Å². The summed E-state index contributed by atoms with van der Waals surface area (Å²) in [6.45, 7) is 2.93. The number of rotatable bonds is 19. The first kappa shape index (κ1) is 23.9. The molecule has 0 aliphatic carbocycles. The van der Waals surface area contributed by atoms with Gasteiger partial charge in [-0.05, 0) is 6.42 Å². The van der Waals surface area contributed by atoms with Crippen LogP contribution in [0.2, 0.25) is 0 Å². The first-order valence-corrected chi connectivity index (χ1v) is 10.7. The predicted octanol–water partition coefficient (Wildman–Crippen LogP) is 5.24. The zero-order chi connectivity index (χ0) is 18.6. The van der Waals surface area contributed by atoms with E-state index in [1.165, 1.54) is 89.9 Å². The molecule has 4 nitrogen and oxygen atoms in total. The number of hydrogen-bond donors (Lipinski definition) is 2. The Morgan fingerprint density at radius 3 is 1.36 bits per heavy atom. The van der Waals surface area contributed by atoms with Crippen LogP contribution >= 0.6 is 0 Å². The molecule has 0 aromatic heterocycles. The summed E-state index contributed by atoms with van der Waals surface area (Å²) < 4.78 is 0. The van der Waals surface area contributed by atoms with E-state index in [9.17, 15) is 9.59 Å². The predicted molar refractivity (Wildman–Crippen MR) is 106 cm³/mol. The minimum Gasteiger partial charge on any atom is -0.369 e. The summed E-state index contributed by atoms with van der Waals surface area (Å²) in [5, 5.41) is 2.72. The fraction of sp³-hybridized carbons (Fsp3) is 0.905. The SMILES string of the molecule is CCCCCCCCCCCCCCCCCCNC(=O)CC(N)=O. The third-order valence-corrected chi connectivity index (χ3v) is 4.69. The largest absolute Gasteiger partial charge is 0.369 e. The third-order valence-electron chi connectivity index (χ3n) is 4.69. The van der Waals surface area contributed by atoms with Crippen LogP contribution in [-0.2, 0) is 9.59 Å². The summed E-state index contributed by atoms with van der Waals surface area (Å²) >= 11 is 0. The first-order chi connectivity index (χ1) is 12.2. The molecule has 0 saturated heterocycles. The van der Waals surface area contributed by atoms with E-state index >= 15 is 0 Å². The molecule has 0 radical (unpaired) electrons. The number of amides is 2. The molecule has 0 spiro atoms. The molecule has 3 N–H and O–H groups in total. The molecule has 0 aromatic carbocycles. The Morgan fingerprint density at radius 2 is 1.00 bits per heavy atom. The normalized spacial score (nSPS) is 10.8. The number of unbranched alkanes of at least 4 members (excludes halogenated alkanes) is 15. The standard InChI is InChI=1S/C21H42N2O2/c1-2-3-4-5-6-7-8-9-10-11-12-13-14-15-16-17-18-23-21(25)19-20(22)24/h2-19H2,1H3,(H2,22,24)(H,23,25). The van der Waals surface area contributed by atoms with E-state index in [1.54, 1.807) is 0 Å². The van der Waals surface area contributed by atoms with Gasteiger partial charge in [0.1, 0.15) is 6.42 Å². The van der Waals surface area contributed by atoms with E-state index < -0.39 is 5.91 Å². The van der Waals surface area contributed by atoms with Gasteiger partial charge < -0.3 is 11.1 Å². The Morgan fingerprint density at radius 1 is 0.640 bits per heavy atom. The second kappa shape index (κ2) is 19.3. The fourth-order valence-electron chi connectivity index (χ4n) is 3.12. The summed E-state index contributed by atoms with van der Waals surface area (Å²) in [5.74, 6) is -0.821. The van der Waals surface area contributed by atoms with Gasteiger partial charge in [-0.1, -0.05) is 103 Å². The number of nitrogens with one attached hydrogen (secondary N) is 1. The number of carbonyl (C=O) groups excluding carboxylic acids is 2. The Kier molecular flexibility index (Phi) is 18.5. The Labute approximate surface area is 155 Å². The molecule has 0 atom stereocenters. The summed E-state index contributed by atoms with van der Waals surface area (Å²) in [6.07, 6.45) is 21.3. The van der Waals surface area contributed by atoms with Crippen molar-refractivity contribution in [3.8, 4) is 0 Å². The van der Waals surface area contributed by atoms with E-state index in [2.05, 4.69) is 12.2 Å².